The van der Waals surface area contributed by atoms with E-state index in [2.05, 4.69) is 32.7 Å². The molecule has 0 spiro atoms. The van der Waals surface area contributed by atoms with E-state index in [9.17, 15) is 0 Å². The van der Waals surface area contributed by atoms with Crippen LogP contribution in [0.4, 0.5) is 5.69 Å². The summed E-state index contributed by atoms with van der Waals surface area (Å²) in [4.78, 5) is 7.89. The number of ether oxygens (including phenoxy) is 1. The van der Waals surface area contributed by atoms with Gasteiger partial charge in [0.1, 0.15) is 5.75 Å². The lowest BCUT2D eigenvalue weighted by Crippen LogP contribution is -2.26. The number of nitrogens with zero attached hydrogens (tertiary/aromatic N) is 2. The predicted octanol–water partition coefficient (Wildman–Crippen LogP) is 2.79. The summed E-state index contributed by atoms with van der Waals surface area (Å²) < 4.78 is 5.13. The third-order valence-electron chi connectivity index (χ3n) is 3.29. The monoisotopic (exact) mass is 318 g/mol. The van der Waals surface area contributed by atoms with Gasteiger partial charge in [0.05, 0.1) is 19.7 Å². The second-order valence-electron chi connectivity index (χ2n) is 5.07. The molecule has 1 aromatic carbocycles. The molecule has 0 aliphatic rings. The van der Waals surface area contributed by atoms with E-state index in [4.69, 9.17) is 10.5 Å². The molecule has 0 saturated heterocycles. The van der Waals surface area contributed by atoms with Crippen LogP contribution in [-0.4, -0.2) is 38.6 Å². The Bertz CT molecular complexity index is 593. The highest BCUT2D eigenvalue weighted by molar-refractivity contribution is 7.10. The van der Waals surface area contributed by atoms with Crippen LogP contribution in [0.25, 0.3) is 0 Å². The number of aliphatic imine (C=N–C) groups is 1. The van der Waals surface area contributed by atoms with Crippen LogP contribution in [0.3, 0.4) is 0 Å². The lowest BCUT2D eigenvalue weighted by molar-refractivity contribution is 0.311. The highest BCUT2D eigenvalue weighted by atomic mass is 32.1. The Kier molecular flexibility index (Phi) is 5.80. The Morgan fingerprint density at radius 3 is 2.59 bits per heavy atom. The molecule has 3 N–H and O–H groups in total. The first-order valence-corrected chi connectivity index (χ1v) is 7.89. The largest absolute Gasteiger partial charge is 0.497 e. The van der Waals surface area contributed by atoms with Crippen molar-refractivity contribution in [2.75, 3.05) is 33.1 Å². The molecule has 0 fully saturated rings. The molecule has 0 amide bonds. The molecule has 0 saturated carbocycles. The van der Waals surface area contributed by atoms with Gasteiger partial charge in [-0.1, -0.05) is 6.07 Å². The van der Waals surface area contributed by atoms with Crippen molar-refractivity contribution in [3.05, 3.63) is 46.7 Å². The fourth-order valence-corrected chi connectivity index (χ4v) is 2.95. The number of thiophene rings is 1. The van der Waals surface area contributed by atoms with Gasteiger partial charge in [-0.05, 0) is 49.8 Å². The number of methoxy groups -OCH3 is 1. The topological polar surface area (TPSA) is 62.9 Å². The minimum absolute atomic E-state index is 0.233. The third kappa shape index (κ3) is 4.47. The summed E-state index contributed by atoms with van der Waals surface area (Å²) in [6.45, 7) is 0.614. The van der Waals surface area contributed by atoms with Gasteiger partial charge in [0.25, 0.3) is 0 Å². The molecule has 6 heteroatoms. The van der Waals surface area contributed by atoms with Crippen LogP contribution in [-0.2, 0) is 0 Å². The number of hydrogen-bond donors (Lipinski definition) is 2. The third-order valence-corrected chi connectivity index (χ3v) is 4.27. The molecule has 0 bridgehead atoms. The van der Waals surface area contributed by atoms with E-state index in [-0.39, 0.29) is 6.04 Å². The molecular weight excluding hydrogens is 296 g/mol. The summed E-state index contributed by atoms with van der Waals surface area (Å²) in [7, 11) is 5.74. The number of nitrogens with one attached hydrogen (secondary N) is 1. The average molecular weight is 318 g/mol. The maximum atomic E-state index is 5.97. The Morgan fingerprint density at radius 2 is 2.05 bits per heavy atom. The number of hydrogen-bond acceptors (Lipinski definition) is 4. The first-order chi connectivity index (χ1) is 10.6. The normalized spacial score (nSPS) is 13.2. The van der Waals surface area contributed by atoms with Gasteiger partial charge in [0.2, 0.25) is 0 Å². The summed E-state index contributed by atoms with van der Waals surface area (Å²) in [5, 5.41) is 5.17. The minimum atomic E-state index is 0.233. The molecule has 1 atom stereocenters. The number of anilines is 1. The van der Waals surface area contributed by atoms with E-state index >= 15 is 0 Å². The van der Waals surface area contributed by atoms with Crippen LogP contribution in [0.2, 0.25) is 0 Å². The molecule has 5 nitrogen and oxygen atoms in total. The number of benzene rings is 1. The Hall–Kier alpha value is -2.05. The summed E-state index contributed by atoms with van der Waals surface area (Å²) in [5.41, 5.74) is 6.86. The van der Waals surface area contributed by atoms with Crippen molar-refractivity contribution in [2.45, 2.75) is 6.04 Å². The van der Waals surface area contributed by atoms with Gasteiger partial charge in [0.15, 0.2) is 5.96 Å². The smallest absolute Gasteiger partial charge is 0.193 e. The molecule has 0 aliphatic carbocycles. The fourth-order valence-electron chi connectivity index (χ4n) is 2.04. The van der Waals surface area contributed by atoms with E-state index in [1.807, 2.05) is 38.4 Å². The predicted molar refractivity (Wildman–Crippen MR) is 93.9 cm³/mol. The standard InChI is InChI=1S/C16H22N4OS/c1-20(2)14(15-5-4-10-22-15)11-18-16(17)19-12-6-8-13(21-3)9-7-12/h4-10,14H,11H2,1-3H3,(H3,17,18,19). The van der Waals surface area contributed by atoms with Gasteiger partial charge >= 0.3 is 0 Å². The maximum Gasteiger partial charge on any atom is 0.193 e. The Morgan fingerprint density at radius 1 is 1.32 bits per heavy atom. The highest BCUT2D eigenvalue weighted by Crippen LogP contribution is 2.23. The van der Waals surface area contributed by atoms with Crippen molar-refractivity contribution in [3.63, 3.8) is 0 Å². The van der Waals surface area contributed by atoms with Crippen molar-refractivity contribution >= 4 is 23.0 Å². The zero-order valence-electron chi connectivity index (χ0n) is 13.1. The molecule has 118 valence electrons. The second kappa shape index (κ2) is 7.82. The van der Waals surface area contributed by atoms with Gasteiger partial charge < -0.3 is 20.7 Å². The van der Waals surface area contributed by atoms with Crippen LogP contribution in [0, 0.1) is 0 Å². The van der Waals surface area contributed by atoms with Crippen LogP contribution >= 0.6 is 11.3 Å². The van der Waals surface area contributed by atoms with Gasteiger partial charge in [-0.25, -0.2) is 0 Å². The molecule has 1 aromatic heterocycles. The summed E-state index contributed by atoms with van der Waals surface area (Å²) in [6, 6.07) is 12.0. The number of guanidine groups is 1. The Balaban J connectivity index is 1.98. The molecule has 2 aromatic rings. The molecule has 2 rings (SSSR count). The van der Waals surface area contributed by atoms with Crippen LogP contribution in [0.15, 0.2) is 46.8 Å². The quantitative estimate of drug-likeness (QED) is 0.635. The molecule has 0 radical (unpaired) electrons. The number of likely N-dealkylation sites (N-methyl/N-ethyl adjacent to an activating group) is 1. The zero-order chi connectivity index (χ0) is 15.9. The van der Waals surface area contributed by atoms with E-state index in [0.29, 0.717) is 12.5 Å². The Labute approximate surface area is 135 Å². The second-order valence-corrected chi connectivity index (χ2v) is 6.05. The number of rotatable bonds is 6. The van der Waals surface area contributed by atoms with E-state index in [1.54, 1.807) is 18.4 Å². The van der Waals surface area contributed by atoms with E-state index in [1.165, 1.54) is 4.88 Å². The molecule has 22 heavy (non-hydrogen) atoms. The number of nitrogens with two attached hydrogens (primary N) is 1. The fraction of sp³-hybridized carbons (Fsp3) is 0.312. The van der Waals surface area contributed by atoms with Gasteiger partial charge in [-0.3, -0.25) is 4.99 Å². The van der Waals surface area contributed by atoms with Crippen LogP contribution in [0.5, 0.6) is 5.75 Å². The van der Waals surface area contributed by atoms with Gasteiger partial charge in [-0.15, -0.1) is 11.3 Å². The zero-order valence-corrected chi connectivity index (χ0v) is 13.9. The molecular formula is C16H22N4OS. The van der Waals surface area contributed by atoms with Gasteiger partial charge in [-0.2, -0.15) is 0 Å². The van der Waals surface area contributed by atoms with Crippen molar-refractivity contribution in [3.8, 4) is 5.75 Å². The van der Waals surface area contributed by atoms with Crippen molar-refractivity contribution in [1.29, 1.82) is 0 Å². The van der Waals surface area contributed by atoms with E-state index in [0.717, 1.165) is 11.4 Å². The van der Waals surface area contributed by atoms with Crippen molar-refractivity contribution < 1.29 is 4.74 Å². The molecule has 0 aliphatic heterocycles. The first-order valence-electron chi connectivity index (χ1n) is 7.01. The van der Waals surface area contributed by atoms with Gasteiger partial charge in [0, 0.05) is 10.6 Å². The SMILES string of the molecule is COc1ccc(NC(N)=NCC(c2cccs2)N(C)C)cc1. The summed E-state index contributed by atoms with van der Waals surface area (Å²) >= 11 is 1.73. The average Bonchev–Trinajstić information content (AvgIpc) is 3.02. The maximum absolute atomic E-state index is 5.97. The van der Waals surface area contributed by atoms with Crippen LogP contribution in [0.1, 0.15) is 10.9 Å². The minimum Gasteiger partial charge on any atom is -0.497 e. The molecule has 1 heterocycles. The lowest BCUT2D eigenvalue weighted by Gasteiger charge is -2.21. The van der Waals surface area contributed by atoms with Crippen molar-refractivity contribution in [2.24, 2.45) is 10.7 Å². The summed E-state index contributed by atoms with van der Waals surface area (Å²) in [5.74, 6) is 1.22. The summed E-state index contributed by atoms with van der Waals surface area (Å²) in [6.07, 6.45) is 0. The van der Waals surface area contributed by atoms with Crippen molar-refractivity contribution in [1.82, 2.24) is 4.90 Å². The lowest BCUT2D eigenvalue weighted by atomic mass is 10.2. The first kappa shape index (κ1) is 16.3. The molecule has 1 unspecified atom stereocenters. The highest BCUT2D eigenvalue weighted by Gasteiger charge is 2.14. The van der Waals surface area contributed by atoms with Crippen LogP contribution < -0.4 is 15.8 Å². The van der Waals surface area contributed by atoms with E-state index < -0.39 is 0 Å².